The van der Waals surface area contributed by atoms with E-state index in [1.807, 2.05) is 24.3 Å². The average molecular weight is 431 g/mol. The lowest BCUT2D eigenvalue weighted by Gasteiger charge is -2.22. The number of fused-ring (bicyclic) bond motifs is 1. The first-order valence-electron chi connectivity index (χ1n) is 8.04. The Hall–Kier alpha value is -2.14. The van der Waals surface area contributed by atoms with Gasteiger partial charge < -0.3 is 9.84 Å². The molecular weight excluding hydrogens is 415 g/mol. The molecule has 3 aromatic rings. The zero-order chi connectivity index (χ0) is 20.6. The van der Waals surface area contributed by atoms with E-state index in [1.54, 1.807) is 6.07 Å². The lowest BCUT2D eigenvalue weighted by atomic mass is 10.1. The number of hydrogen-bond donors (Lipinski definition) is 2. The second-order valence-electron chi connectivity index (χ2n) is 6.24. The van der Waals surface area contributed by atoms with E-state index in [2.05, 4.69) is 9.46 Å². The molecule has 150 valence electrons. The summed E-state index contributed by atoms with van der Waals surface area (Å²) in [4.78, 5) is -0.143. The molecule has 0 amide bonds. The molecule has 0 aliphatic heterocycles. The number of aliphatic hydroxyl groups is 1. The topological polar surface area (TPSA) is 75.6 Å². The van der Waals surface area contributed by atoms with Gasteiger partial charge in [-0.05, 0) is 36.6 Å². The van der Waals surface area contributed by atoms with Gasteiger partial charge in [0.05, 0.1) is 0 Å². The van der Waals surface area contributed by atoms with Crippen LogP contribution in [0.4, 0.5) is 13.2 Å². The monoisotopic (exact) mass is 431 g/mol. The van der Waals surface area contributed by atoms with Crippen LogP contribution in [-0.4, -0.2) is 26.4 Å². The fourth-order valence-electron chi connectivity index (χ4n) is 2.53. The van der Waals surface area contributed by atoms with Crippen LogP contribution in [0, 0.1) is 0 Å². The van der Waals surface area contributed by atoms with Crippen molar-refractivity contribution < 1.29 is 31.4 Å². The van der Waals surface area contributed by atoms with E-state index in [4.69, 9.17) is 0 Å². The first kappa shape index (κ1) is 20.6. The number of hydrogen-bond acceptors (Lipinski definition) is 5. The van der Waals surface area contributed by atoms with Crippen LogP contribution in [0.5, 0.6) is 5.75 Å². The fourth-order valence-corrected chi connectivity index (χ4v) is 4.89. The Kier molecular flexibility index (Phi) is 5.41. The summed E-state index contributed by atoms with van der Waals surface area (Å²) in [5.41, 5.74) is -1.56. The Bertz CT molecular complexity index is 1060. The molecule has 2 N–H and O–H groups in total. The van der Waals surface area contributed by atoms with Gasteiger partial charge in [-0.25, -0.2) is 13.1 Å². The van der Waals surface area contributed by atoms with Crippen molar-refractivity contribution in [3.05, 3.63) is 59.5 Å². The van der Waals surface area contributed by atoms with Crippen molar-refractivity contribution in [2.75, 3.05) is 6.54 Å². The summed E-state index contributed by atoms with van der Waals surface area (Å²) in [5.74, 6) is -0.844. The minimum absolute atomic E-state index is 0.428. The fraction of sp³-hybridized carbons (Fsp3) is 0.222. The molecule has 28 heavy (non-hydrogen) atoms. The van der Waals surface area contributed by atoms with E-state index < -0.39 is 39.2 Å². The third-order valence-corrected chi connectivity index (χ3v) is 6.74. The Morgan fingerprint density at radius 1 is 1.11 bits per heavy atom. The first-order valence-corrected chi connectivity index (χ1v) is 10.3. The van der Waals surface area contributed by atoms with Crippen LogP contribution in [-0.2, 0) is 15.6 Å². The maximum Gasteiger partial charge on any atom is 0.573 e. The minimum atomic E-state index is -5.03. The molecular formula is C18H16F3NO4S2. The summed E-state index contributed by atoms with van der Waals surface area (Å²) in [6.07, 6.45) is -5.03. The van der Waals surface area contributed by atoms with Gasteiger partial charge >= 0.3 is 6.36 Å². The number of rotatable bonds is 6. The van der Waals surface area contributed by atoms with Gasteiger partial charge in [0.15, 0.2) is 0 Å². The zero-order valence-corrected chi connectivity index (χ0v) is 16.2. The predicted octanol–water partition coefficient (Wildman–Crippen LogP) is 3.99. The normalized spacial score (nSPS) is 14.8. The number of sulfonamides is 1. The Labute approximate surface area is 163 Å². The Morgan fingerprint density at radius 2 is 1.75 bits per heavy atom. The van der Waals surface area contributed by atoms with Crippen LogP contribution >= 0.6 is 11.3 Å². The highest BCUT2D eigenvalue weighted by molar-refractivity contribution is 7.89. The SMILES string of the molecule is C[C@](O)(CNS(=O)(=O)c1ccccc1OC(F)(F)F)c1cc2ccccc2s1. The van der Waals surface area contributed by atoms with Gasteiger partial charge in [0.2, 0.25) is 10.0 Å². The number of ether oxygens (including phenoxy) is 1. The highest BCUT2D eigenvalue weighted by Gasteiger charge is 2.35. The quantitative estimate of drug-likeness (QED) is 0.619. The summed E-state index contributed by atoms with van der Waals surface area (Å²) < 4.78 is 69.5. The molecule has 1 heterocycles. The van der Waals surface area contributed by atoms with Crippen LogP contribution < -0.4 is 9.46 Å². The van der Waals surface area contributed by atoms with Crippen LogP contribution in [0.1, 0.15) is 11.8 Å². The largest absolute Gasteiger partial charge is 0.573 e. The third-order valence-electron chi connectivity index (χ3n) is 3.93. The maximum absolute atomic E-state index is 12.5. The highest BCUT2D eigenvalue weighted by Crippen LogP contribution is 2.34. The number of thiophene rings is 1. The van der Waals surface area contributed by atoms with E-state index in [-0.39, 0.29) is 0 Å². The molecule has 10 heteroatoms. The van der Waals surface area contributed by atoms with Gasteiger partial charge in [0.25, 0.3) is 0 Å². The van der Waals surface area contributed by atoms with Gasteiger partial charge in [0, 0.05) is 16.1 Å². The molecule has 0 saturated heterocycles. The molecule has 3 rings (SSSR count). The molecule has 0 unspecified atom stereocenters. The van der Waals surface area contributed by atoms with Gasteiger partial charge in [0.1, 0.15) is 16.2 Å². The minimum Gasteiger partial charge on any atom is -0.404 e. The zero-order valence-electron chi connectivity index (χ0n) is 14.5. The summed E-state index contributed by atoms with van der Waals surface area (Å²) in [6.45, 7) is 1.00. The molecule has 0 aliphatic carbocycles. The number of para-hydroxylation sites is 1. The molecule has 1 atom stereocenters. The molecule has 0 saturated carbocycles. The summed E-state index contributed by atoms with van der Waals surface area (Å²) in [7, 11) is -4.36. The first-order chi connectivity index (χ1) is 13.0. The number of nitrogens with one attached hydrogen (secondary N) is 1. The molecule has 5 nitrogen and oxygen atoms in total. The second-order valence-corrected chi connectivity index (χ2v) is 9.06. The van der Waals surface area contributed by atoms with Crippen LogP contribution in [0.25, 0.3) is 10.1 Å². The maximum atomic E-state index is 12.5. The van der Waals surface area contributed by atoms with Crippen molar-refractivity contribution >= 4 is 31.4 Å². The van der Waals surface area contributed by atoms with Crippen LogP contribution in [0.2, 0.25) is 0 Å². The van der Waals surface area contributed by atoms with Gasteiger partial charge in [-0.1, -0.05) is 30.3 Å². The van der Waals surface area contributed by atoms with Crippen LogP contribution in [0.3, 0.4) is 0 Å². The van der Waals surface area contributed by atoms with Gasteiger partial charge in [-0.2, -0.15) is 0 Å². The van der Waals surface area contributed by atoms with Crippen molar-refractivity contribution in [3.63, 3.8) is 0 Å². The summed E-state index contributed by atoms with van der Waals surface area (Å²) >= 11 is 1.30. The van der Waals surface area contributed by atoms with Crippen LogP contribution in [0.15, 0.2) is 59.5 Å². The lowest BCUT2D eigenvalue weighted by molar-refractivity contribution is -0.275. The summed E-state index contributed by atoms with van der Waals surface area (Å²) in [5, 5.41) is 11.6. The number of benzene rings is 2. The standard InChI is InChI=1S/C18H16F3NO4S2/c1-17(23,16-10-12-6-2-4-8-14(12)27-16)11-22-28(24,25)15-9-5-3-7-13(15)26-18(19,20)21/h2-10,22-23H,11H2,1H3/t17-/m0/s1. The lowest BCUT2D eigenvalue weighted by Crippen LogP contribution is -2.38. The van der Waals surface area contributed by atoms with Crippen molar-refractivity contribution in [3.8, 4) is 5.75 Å². The van der Waals surface area contributed by atoms with Crippen molar-refractivity contribution in [1.29, 1.82) is 0 Å². The Morgan fingerprint density at radius 3 is 2.43 bits per heavy atom. The van der Waals surface area contributed by atoms with E-state index in [1.165, 1.54) is 30.4 Å². The van der Waals surface area contributed by atoms with E-state index in [9.17, 15) is 26.7 Å². The Balaban J connectivity index is 1.83. The summed E-state index contributed by atoms with van der Waals surface area (Å²) in [6, 6.07) is 13.6. The highest BCUT2D eigenvalue weighted by atomic mass is 32.2. The van der Waals surface area contributed by atoms with E-state index >= 15 is 0 Å². The number of alkyl halides is 3. The molecule has 1 aromatic heterocycles. The molecule has 2 aromatic carbocycles. The van der Waals surface area contributed by atoms with Crippen molar-refractivity contribution in [1.82, 2.24) is 4.72 Å². The van der Waals surface area contributed by atoms with Gasteiger partial charge in [-0.3, -0.25) is 0 Å². The third kappa shape index (κ3) is 4.64. The molecule has 0 bridgehead atoms. The molecule has 0 spiro atoms. The van der Waals surface area contributed by atoms with E-state index in [0.29, 0.717) is 4.88 Å². The number of halogens is 3. The molecule has 0 radical (unpaired) electrons. The predicted molar refractivity (Wildman–Crippen MR) is 99.7 cm³/mol. The van der Waals surface area contributed by atoms with Crippen molar-refractivity contribution in [2.24, 2.45) is 0 Å². The molecule has 0 fully saturated rings. The molecule has 0 aliphatic rings. The average Bonchev–Trinajstić information content (AvgIpc) is 3.04. The van der Waals surface area contributed by atoms with E-state index in [0.717, 1.165) is 22.2 Å². The smallest absolute Gasteiger partial charge is 0.404 e. The van der Waals surface area contributed by atoms with Gasteiger partial charge in [-0.15, -0.1) is 24.5 Å². The van der Waals surface area contributed by atoms with Crippen molar-refractivity contribution in [2.45, 2.75) is 23.8 Å². The second kappa shape index (κ2) is 7.36.